The maximum absolute atomic E-state index is 13.2. The van der Waals surface area contributed by atoms with Gasteiger partial charge < -0.3 is 15.0 Å². The highest BCUT2D eigenvalue weighted by Crippen LogP contribution is 2.37. The lowest BCUT2D eigenvalue weighted by atomic mass is 10.3. The lowest BCUT2D eigenvalue weighted by molar-refractivity contribution is 0.100. The number of rotatable bonds is 5. The maximum atomic E-state index is 13.2. The van der Waals surface area contributed by atoms with Crippen LogP contribution in [0.1, 0.15) is 19.3 Å². The molecule has 2 heterocycles. The minimum absolute atomic E-state index is 0.00225. The highest BCUT2D eigenvalue weighted by molar-refractivity contribution is 7.92. The van der Waals surface area contributed by atoms with Crippen LogP contribution in [0.25, 0.3) is 0 Å². The zero-order chi connectivity index (χ0) is 21.5. The molecule has 158 valence electrons. The molecule has 1 aliphatic heterocycles. The average molecular weight is 488 g/mol. The van der Waals surface area contributed by atoms with Gasteiger partial charge in [0.1, 0.15) is 5.54 Å². The van der Waals surface area contributed by atoms with Crippen LogP contribution in [-0.2, 0) is 14.6 Å². The molecule has 1 amide bonds. The number of alkyl carbamates (subject to hydrolysis) is 1. The molecular formula is C17H15Cl2N5O4S2. The van der Waals surface area contributed by atoms with Crippen molar-refractivity contribution in [3.05, 3.63) is 34.6 Å². The fraction of sp³-hybridized carbons (Fsp3) is 0.412. The van der Waals surface area contributed by atoms with E-state index in [2.05, 4.69) is 14.7 Å². The summed E-state index contributed by atoms with van der Waals surface area (Å²) in [6.07, 6.45) is -0.635. The number of nitriles is 1. The zero-order valence-electron chi connectivity index (χ0n) is 15.3. The molecule has 13 heteroatoms. The fourth-order valence-electron chi connectivity index (χ4n) is 3.21. The molecule has 30 heavy (non-hydrogen) atoms. The minimum Gasteiger partial charge on any atom is -0.425 e. The lowest BCUT2D eigenvalue weighted by Gasteiger charge is -2.23. The number of sulfone groups is 1. The van der Waals surface area contributed by atoms with E-state index < -0.39 is 32.9 Å². The third-order valence-electron chi connectivity index (χ3n) is 4.98. The molecule has 1 aromatic carbocycles. The molecule has 1 aromatic heterocycles. The Labute approximate surface area is 186 Å². The topological polar surface area (TPSA) is 125 Å². The van der Waals surface area contributed by atoms with Crippen molar-refractivity contribution in [2.24, 2.45) is 0 Å². The number of ether oxygens (including phenoxy) is 1. The van der Waals surface area contributed by atoms with Gasteiger partial charge in [0.2, 0.25) is 10.4 Å². The van der Waals surface area contributed by atoms with Gasteiger partial charge in [0.05, 0.1) is 21.2 Å². The van der Waals surface area contributed by atoms with E-state index in [9.17, 15) is 13.2 Å². The second-order valence-corrected chi connectivity index (χ2v) is 10.7. The van der Waals surface area contributed by atoms with Crippen molar-refractivity contribution in [2.45, 2.75) is 41.2 Å². The summed E-state index contributed by atoms with van der Waals surface area (Å²) in [4.78, 5) is 18.0. The molecule has 9 nitrogen and oxygen atoms in total. The number of benzene rings is 1. The predicted octanol–water partition coefficient (Wildman–Crippen LogP) is 3.01. The number of anilines is 1. The highest BCUT2D eigenvalue weighted by Gasteiger charge is 2.47. The summed E-state index contributed by atoms with van der Waals surface area (Å²) in [6.45, 7) is 0.0143. The van der Waals surface area contributed by atoms with Crippen LogP contribution >= 0.6 is 34.7 Å². The largest absolute Gasteiger partial charge is 0.425 e. The second kappa shape index (κ2) is 7.85. The smallest absolute Gasteiger partial charge is 0.410 e. The maximum Gasteiger partial charge on any atom is 0.410 e. The number of nitrogens with one attached hydrogen (secondary N) is 1. The number of nitrogens with zero attached hydrogens (tertiary/aromatic N) is 4. The molecule has 2 aliphatic rings. The molecule has 2 fully saturated rings. The van der Waals surface area contributed by atoms with E-state index in [1.54, 1.807) is 12.1 Å². The molecule has 1 saturated carbocycles. The van der Waals surface area contributed by atoms with E-state index in [0.29, 0.717) is 18.0 Å². The first-order valence-corrected chi connectivity index (χ1v) is 12.0. The van der Waals surface area contributed by atoms with Crippen molar-refractivity contribution < 1.29 is 17.9 Å². The van der Waals surface area contributed by atoms with Gasteiger partial charge in [-0.1, -0.05) is 23.7 Å². The Hall–Kier alpha value is -2.13. The van der Waals surface area contributed by atoms with Gasteiger partial charge in [-0.15, -0.1) is 0 Å². The number of carbonyl (C=O) groups excluding carboxylic acids is 1. The lowest BCUT2D eigenvalue weighted by Crippen LogP contribution is -2.41. The molecular weight excluding hydrogens is 473 g/mol. The first-order valence-electron chi connectivity index (χ1n) is 8.88. The molecule has 0 spiro atoms. The van der Waals surface area contributed by atoms with Crippen LogP contribution in [0.5, 0.6) is 0 Å². The first-order chi connectivity index (χ1) is 14.2. The first kappa shape index (κ1) is 21.1. The van der Waals surface area contributed by atoms with Crippen LogP contribution in [0.4, 0.5) is 9.93 Å². The van der Waals surface area contributed by atoms with Crippen LogP contribution in [0.15, 0.2) is 29.2 Å². The van der Waals surface area contributed by atoms with Crippen LogP contribution in [0.3, 0.4) is 0 Å². The van der Waals surface area contributed by atoms with Gasteiger partial charge in [0, 0.05) is 24.5 Å². The summed E-state index contributed by atoms with van der Waals surface area (Å²) in [5, 5.41) is 11.2. The summed E-state index contributed by atoms with van der Waals surface area (Å²) >= 11 is 12.9. The Morgan fingerprint density at radius 3 is 2.70 bits per heavy atom. The second-order valence-electron chi connectivity index (χ2n) is 7.01. The van der Waals surface area contributed by atoms with E-state index in [-0.39, 0.29) is 28.2 Å². The number of hydrogen-bond donors (Lipinski definition) is 1. The van der Waals surface area contributed by atoms with Gasteiger partial charge in [-0.3, -0.25) is 0 Å². The van der Waals surface area contributed by atoms with Gasteiger partial charge in [-0.05, 0) is 36.6 Å². The van der Waals surface area contributed by atoms with E-state index in [1.165, 1.54) is 17.0 Å². The molecule has 0 unspecified atom stereocenters. The molecule has 2 aromatic rings. The fourth-order valence-corrected chi connectivity index (χ4v) is 6.27. The summed E-state index contributed by atoms with van der Waals surface area (Å²) in [6, 6.07) is 8.22. The number of hydrogen-bond acceptors (Lipinski definition) is 9. The average Bonchev–Trinajstić information content (AvgIpc) is 3.12. The van der Waals surface area contributed by atoms with Crippen LogP contribution in [0.2, 0.25) is 10.3 Å². The molecule has 0 radical (unpaired) electrons. The van der Waals surface area contributed by atoms with Crippen molar-refractivity contribution >= 4 is 55.8 Å². The van der Waals surface area contributed by atoms with Crippen molar-refractivity contribution in [2.75, 3.05) is 11.4 Å². The Bertz CT molecular complexity index is 1130. The van der Waals surface area contributed by atoms with Crippen molar-refractivity contribution in [3.8, 4) is 6.07 Å². The van der Waals surface area contributed by atoms with Gasteiger partial charge in [-0.25, -0.2) is 13.2 Å². The Morgan fingerprint density at radius 2 is 2.10 bits per heavy atom. The van der Waals surface area contributed by atoms with Crippen molar-refractivity contribution in [3.63, 3.8) is 0 Å². The van der Waals surface area contributed by atoms with Crippen LogP contribution in [-0.4, -0.2) is 47.4 Å². The Kier molecular flexibility index (Phi) is 5.52. The van der Waals surface area contributed by atoms with Gasteiger partial charge in [-0.2, -0.15) is 14.6 Å². The molecule has 4 rings (SSSR count). The van der Waals surface area contributed by atoms with E-state index in [4.69, 9.17) is 33.2 Å². The molecule has 1 aliphatic carbocycles. The standard InChI is InChI=1S/C17H15Cl2N5O4S2/c18-11-3-1-2-4-12(11)30(26,27)10-7-13(24(8-10)15-21-14(19)23-29-15)28-16(25)22-17(9-20)5-6-17/h1-4,10,13H,5-8H2,(H,22,25)/t10-,13+/m1/s1. The third-order valence-corrected chi connectivity index (χ3v) is 8.63. The van der Waals surface area contributed by atoms with Gasteiger partial charge >= 0.3 is 6.09 Å². The highest BCUT2D eigenvalue weighted by atomic mass is 35.5. The summed E-state index contributed by atoms with van der Waals surface area (Å²) in [7, 11) is -3.81. The normalized spacial score (nSPS) is 22.4. The molecule has 1 saturated heterocycles. The number of carbonyl (C=O) groups is 1. The third kappa shape index (κ3) is 4.05. The van der Waals surface area contributed by atoms with Gasteiger partial charge in [0.25, 0.3) is 0 Å². The van der Waals surface area contributed by atoms with E-state index in [1.807, 2.05) is 6.07 Å². The summed E-state index contributed by atoms with van der Waals surface area (Å²) in [5.74, 6) is 0. The van der Waals surface area contributed by atoms with Gasteiger partial charge in [0.15, 0.2) is 16.1 Å². The predicted molar refractivity (Wildman–Crippen MR) is 110 cm³/mol. The van der Waals surface area contributed by atoms with E-state index in [0.717, 1.165) is 11.5 Å². The summed E-state index contributed by atoms with van der Waals surface area (Å²) < 4.78 is 35.8. The molecule has 0 bridgehead atoms. The van der Waals surface area contributed by atoms with E-state index >= 15 is 0 Å². The number of aromatic nitrogens is 2. The SMILES string of the molecule is N#CC1(NC(=O)O[C@H]2C[C@@H](S(=O)(=O)c3ccccc3Cl)CN2c2nc(Cl)ns2)CC1. The van der Waals surface area contributed by atoms with Crippen LogP contribution < -0.4 is 10.2 Å². The van der Waals surface area contributed by atoms with Crippen molar-refractivity contribution in [1.29, 1.82) is 5.26 Å². The number of halogens is 2. The summed E-state index contributed by atoms with van der Waals surface area (Å²) in [5.41, 5.74) is -0.907. The zero-order valence-corrected chi connectivity index (χ0v) is 18.4. The van der Waals surface area contributed by atoms with Crippen LogP contribution in [0, 0.1) is 11.3 Å². The molecule has 1 N–H and O–H groups in total. The Morgan fingerprint density at radius 1 is 1.37 bits per heavy atom. The van der Waals surface area contributed by atoms with Crippen molar-refractivity contribution in [1.82, 2.24) is 14.7 Å². The minimum atomic E-state index is -3.81. The Balaban J connectivity index is 1.59. The quantitative estimate of drug-likeness (QED) is 0.681. The monoisotopic (exact) mass is 487 g/mol. The molecule has 2 atom stereocenters. The number of amides is 1.